The smallest absolute Gasteiger partial charge is 0.271 e. The lowest BCUT2D eigenvalue weighted by Crippen LogP contribution is -2.49. The highest BCUT2D eigenvalue weighted by atomic mass is 35.5. The molecule has 0 saturated heterocycles. The van der Waals surface area contributed by atoms with Crippen LogP contribution in [0.2, 0.25) is 10.0 Å². The van der Waals surface area contributed by atoms with Crippen LogP contribution in [-0.2, 0) is 9.59 Å². The Labute approximate surface area is 181 Å². The summed E-state index contributed by atoms with van der Waals surface area (Å²) in [4.78, 5) is 26.9. The number of hydrogen-bond donors (Lipinski definition) is 0. The molecule has 0 bridgehead atoms. The van der Waals surface area contributed by atoms with Gasteiger partial charge in [0.1, 0.15) is 11.6 Å². The molecule has 0 radical (unpaired) electrons. The summed E-state index contributed by atoms with van der Waals surface area (Å²) >= 11 is 11.9. The van der Waals surface area contributed by atoms with E-state index < -0.39 is 17.9 Å². The molecule has 0 fully saturated rings. The maximum atomic E-state index is 13.0. The highest BCUT2D eigenvalue weighted by Gasteiger charge is 2.40. The molecule has 0 N–H and O–H groups in total. The largest absolute Gasteiger partial charge is 0.275 e. The second kappa shape index (κ2) is 10.5. The lowest BCUT2D eigenvalue weighted by Gasteiger charge is -2.31. The van der Waals surface area contributed by atoms with Crippen LogP contribution in [0.4, 0.5) is 5.69 Å². The Bertz CT molecular complexity index is 889. The van der Waals surface area contributed by atoms with Gasteiger partial charge in [0.25, 0.3) is 11.8 Å². The van der Waals surface area contributed by atoms with E-state index in [2.05, 4.69) is 17.2 Å². The zero-order valence-corrected chi connectivity index (χ0v) is 18.3. The van der Waals surface area contributed by atoms with Crippen molar-refractivity contribution < 1.29 is 9.59 Å². The maximum Gasteiger partial charge on any atom is 0.271 e. The Morgan fingerprint density at radius 2 is 1.97 bits per heavy atom. The molecule has 0 saturated carbocycles. The van der Waals surface area contributed by atoms with E-state index in [4.69, 9.17) is 23.2 Å². The van der Waals surface area contributed by atoms with Crippen LogP contribution in [0.5, 0.6) is 0 Å². The van der Waals surface area contributed by atoms with Crippen molar-refractivity contribution in [3.05, 3.63) is 39.4 Å². The Kier molecular flexibility index (Phi) is 8.36. The van der Waals surface area contributed by atoms with Crippen molar-refractivity contribution in [2.24, 2.45) is 16.1 Å². The van der Waals surface area contributed by atoms with E-state index in [1.807, 2.05) is 13.0 Å². The molecule has 8 heteroatoms. The third-order valence-corrected chi connectivity index (χ3v) is 5.79. The summed E-state index contributed by atoms with van der Waals surface area (Å²) in [5.74, 6) is -0.815. The normalized spacial score (nSPS) is 18.5. The molecule has 2 unspecified atom stereocenters. The fourth-order valence-corrected chi connectivity index (χ4v) is 3.46. The molecule has 1 heterocycles. The molecule has 2 atom stereocenters. The van der Waals surface area contributed by atoms with Gasteiger partial charge in [-0.05, 0) is 43.0 Å². The van der Waals surface area contributed by atoms with Gasteiger partial charge in [-0.15, -0.1) is 0 Å². The molecule has 2 rings (SSSR count). The minimum Gasteiger partial charge on any atom is -0.275 e. The fourth-order valence-electron chi connectivity index (χ4n) is 3.17. The average molecular weight is 435 g/mol. The van der Waals surface area contributed by atoms with Gasteiger partial charge in [0.15, 0.2) is 6.04 Å². The molecule has 29 heavy (non-hydrogen) atoms. The van der Waals surface area contributed by atoms with Crippen LogP contribution in [-0.4, -0.2) is 29.3 Å². The summed E-state index contributed by atoms with van der Waals surface area (Å²) in [5, 5.41) is 18.4. The lowest BCUT2D eigenvalue weighted by atomic mass is 9.93. The second-order valence-corrected chi connectivity index (χ2v) is 7.87. The number of hydrogen-bond acceptors (Lipinski definition) is 5. The van der Waals surface area contributed by atoms with Crippen molar-refractivity contribution in [3.63, 3.8) is 0 Å². The summed E-state index contributed by atoms with van der Waals surface area (Å²) in [6, 6.07) is 5.65. The number of imide groups is 1. The molecular formula is C21H24Cl2N4O2. The SMILES string of the molecule is CCCCC(CC)CN1C(=O)C(C#N)=C(C)C(/N=N/c2ccc(Cl)c(Cl)c2)C1=O. The first kappa shape index (κ1) is 23.1. The highest BCUT2D eigenvalue weighted by Crippen LogP contribution is 2.29. The number of benzene rings is 1. The molecule has 1 aromatic carbocycles. The number of carbonyl (C=O) groups is 2. The molecule has 0 spiro atoms. The lowest BCUT2D eigenvalue weighted by molar-refractivity contribution is -0.144. The fraction of sp³-hybridized carbons (Fsp3) is 0.476. The molecule has 1 aromatic rings. The van der Waals surface area contributed by atoms with Crippen LogP contribution in [0.1, 0.15) is 46.5 Å². The van der Waals surface area contributed by atoms with Crippen LogP contribution in [0.25, 0.3) is 0 Å². The van der Waals surface area contributed by atoms with Crippen molar-refractivity contribution in [3.8, 4) is 6.07 Å². The quantitative estimate of drug-likeness (QED) is 0.378. The first-order valence-electron chi connectivity index (χ1n) is 9.66. The number of nitrogens with zero attached hydrogens (tertiary/aromatic N) is 4. The van der Waals surface area contributed by atoms with Gasteiger partial charge in [0.05, 0.1) is 15.7 Å². The van der Waals surface area contributed by atoms with E-state index in [1.54, 1.807) is 19.1 Å². The predicted molar refractivity (Wildman–Crippen MR) is 113 cm³/mol. The van der Waals surface area contributed by atoms with Crippen LogP contribution >= 0.6 is 23.2 Å². The number of rotatable bonds is 8. The monoisotopic (exact) mass is 434 g/mol. The van der Waals surface area contributed by atoms with Gasteiger partial charge in [0, 0.05) is 6.54 Å². The van der Waals surface area contributed by atoms with Crippen molar-refractivity contribution in [2.45, 2.75) is 52.5 Å². The average Bonchev–Trinajstić information content (AvgIpc) is 2.70. The van der Waals surface area contributed by atoms with Crippen LogP contribution in [0.3, 0.4) is 0 Å². The Balaban J connectivity index is 2.33. The van der Waals surface area contributed by atoms with E-state index in [0.717, 1.165) is 30.6 Å². The van der Waals surface area contributed by atoms with E-state index >= 15 is 0 Å². The zero-order valence-electron chi connectivity index (χ0n) is 16.8. The third kappa shape index (κ3) is 5.43. The Morgan fingerprint density at radius 1 is 1.24 bits per heavy atom. The van der Waals surface area contributed by atoms with Crippen molar-refractivity contribution in [2.75, 3.05) is 6.54 Å². The third-order valence-electron chi connectivity index (χ3n) is 5.05. The highest BCUT2D eigenvalue weighted by molar-refractivity contribution is 6.42. The minimum atomic E-state index is -1.01. The van der Waals surface area contributed by atoms with Crippen LogP contribution in [0.15, 0.2) is 39.6 Å². The van der Waals surface area contributed by atoms with Gasteiger partial charge < -0.3 is 0 Å². The molecule has 1 aliphatic heterocycles. The number of carbonyl (C=O) groups excluding carboxylic acids is 2. The van der Waals surface area contributed by atoms with Crippen LogP contribution < -0.4 is 0 Å². The van der Waals surface area contributed by atoms with Crippen LogP contribution in [0, 0.1) is 17.2 Å². The summed E-state index contributed by atoms with van der Waals surface area (Å²) in [5.41, 5.74) is 0.688. The summed E-state index contributed by atoms with van der Waals surface area (Å²) in [6.45, 7) is 5.99. The predicted octanol–water partition coefficient (Wildman–Crippen LogP) is 5.87. The summed E-state index contributed by atoms with van der Waals surface area (Å²) in [6.07, 6.45) is 3.83. The standard InChI is InChI=1S/C21H24Cl2N4O2/c1-4-6-7-14(5-2)12-27-20(28)16(11-24)13(3)19(21(27)29)26-25-15-8-9-17(22)18(23)10-15/h8-10,14,19H,4-7,12H2,1-3H3/b26-25+. The Hall–Kier alpha value is -2.23. The molecular weight excluding hydrogens is 411 g/mol. The molecule has 1 aliphatic rings. The number of halogens is 2. The molecule has 0 aromatic heterocycles. The molecule has 2 amide bonds. The van der Waals surface area contributed by atoms with Crippen molar-refractivity contribution >= 4 is 40.7 Å². The number of amides is 2. The van der Waals surface area contributed by atoms with Crippen molar-refractivity contribution in [1.82, 2.24) is 4.90 Å². The topological polar surface area (TPSA) is 85.9 Å². The van der Waals surface area contributed by atoms with E-state index in [-0.39, 0.29) is 18.0 Å². The summed E-state index contributed by atoms with van der Waals surface area (Å²) in [7, 11) is 0. The van der Waals surface area contributed by atoms with E-state index in [1.165, 1.54) is 6.07 Å². The molecule has 6 nitrogen and oxygen atoms in total. The zero-order chi connectivity index (χ0) is 21.6. The summed E-state index contributed by atoms with van der Waals surface area (Å²) < 4.78 is 0. The van der Waals surface area contributed by atoms with Gasteiger partial charge in [-0.1, -0.05) is 56.3 Å². The van der Waals surface area contributed by atoms with Gasteiger partial charge in [-0.25, -0.2) is 0 Å². The number of azo groups is 1. The first-order valence-corrected chi connectivity index (χ1v) is 10.4. The van der Waals surface area contributed by atoms with Gasteiger partial charge in [-0.2, -0.15) is 15.5 Å². The van der Waals surface area contributed by atoms with E-state index in [0.29, 0.717) is 21.3 Å². The minimum absolute atomic E-state index is 0.0481. The Morgan fingerprint density at radius 3 is 2.55 bits per heavy atom. The van der Waals surface area contributed by atoms with Crippen molar-refractivity contribution in [1.29, 1.82) is 5.26 Å². The van der Waals surface area contributed by atoms with E-state index in [9.17, 15) is 14.9 Å². The first-order chi connectivity index (χ1) is 13.8. The maximum absolute atomic E-state index is 13.0. The van der Waals surface area contributed by atoms with Gasteiger partial charge >= 0.3 is 0 Å². The van der Waals surface area contributed by atoms with Gasteiger partial charge in [0.2, 0.25) is 0 Å². The number of nitriles is 1. The number of unbranched alkanes of at least 4 members (excludes halogenated alkanes) is 1. The van der Waals surface area contributed by atoms with Gasteiger partial charge in [-0.3, -0.25) is 14.5 Å². The molecule has 0 aliphatic carbocycles. The molecule has 154 valence electrons. The second-order valence-electron chi connectivity index (χ2n) is 7.06.